The van der Waals surface area contributed by atoms with Crippen LogP contribution in [-0.4, -0.2) is 23.9 Å². The largest absolute Gasteiger partial charge is 0.322 e. The summed E-state index contributed by atoms with van der Waals surface area (Å²) >= 11 is 0. The topological polar surface area (TPSA) is 32.3 Å². The van der Waals surface area contributed by atoms with Gasteiger partial charge < -0.3 is 5.32 Å². The van der Waals surface area contributed by atoms with Crippen molar-refractivity contribution in [2.75, 3.05) is 18.4 Å². The lowest BCUT2D eigenvalue weighted by molar-refractivity contribution is -0.00518. The highest BCUT2D eigenvalue weighted by Crippen LogP contribution is 2.60. The van der Waals surface area contributed by atoms with Gasteiger partial charge in [0.25, 0.3) is 5.91 Å². The van der Waals surface area contributed by atoms with Gasteiger partial charge in [0.2, 0.25) is 0 Å². The Morgan fingerprint density at radius 1 is 0.939 bits per heavy atom. The van der Waals surface area contributed by atoms with Crippen molar-refractivity contribution in [1.82, 2.24) is 4.90 Å². The van der Waals surface area contributed by atoms with Gasteiger partial charge in [0.05, 0.1) is 0 Å². The fourth-order valence-corrected chi connectivity index (χ4v) is 8.02. The molecule has 3 heteroatoms. The minimum Gasteiger partial charge on any atom is -0.322 e. The third-order valence-corrected chi connectivity index (χ3v) is 9.16. The lowest BCUT2D eigenvalue weighted by Gasteiger charge is -2.57. The smallest absolute Gasteiger partial charge is 0.255 e. The van der Waals surface area contributed by atoms with E-state index in [0.29, 0.717) is 5.41 Å². The van der Waals surface area contributed by atoms with Gasteiger partial charge in [-0.05, 0) is 122 Å². The van der Waals surface area contributed by atoms with Crippen molar-refractivity contribution in [2.24, 2.45) is 23.7 Å². The number of carbonyl (C=O) groups excluding carboxylic acids is 1. The van der Waals surface area contributed by atoms with Crippen LogP contribution in [0.2, 0.25) is 0 Å². The quantitative estimate of drug-likeness (QED) is 0.563. The van der Waals surface area contributed by atoms with Crippen molar-refractivity contribution in [3.63, 3.8) is 0 Å². The van der Waals surface area contributed by atoms with Crippen LogP contribution in [0.3, 0.4) is 0 Å². The first-order valence-corrected chi connectivity index (χ1v) is 13.3. The molecular weight excluding hydrogens is 404 g/mol. The van der Waals surface area contributed by atoms with Gasteiger partial charge >= 0.3 is 0 Å². The molecule has 2 aromatic rings. The molecule has 1 amide bonds. The maximum atomic E-state index is 12.8. The van der Waals surface area contributed by atoms with Crippen LogP contribution in [0.15, 0.2) is 48.5 Å². The zero-order chi connectivity index (χ0) is 22.4. The summed E-state index contributed by atoms with van der Waals surface area (Å²) in [6.07, 6.45) is 11.2. The molecule has 7 rings (SSSR count). The van der Waals surface area contributed by atoms with Crippen molar-refractivity contribution in [2.45, 2.75) is 70.3 Å². The first-order chi connectivity index (χ1) is 16.0. The molecule has 0 unspecified atom stereocenters. The molecule has 1 heterocycles. The Kier molecular flexibility index (Phi) is 5.57. The van der Waals surface area contributed by atoms with E-state index in [1.165, 1.54) is 75.6 Å². The van der Waals surface area contributed by atoms with E-state index >= 15 is 0 Å². The number of benzene rings is 2. The van der Waals surface area contributed by atoms with Crippen molar-refractivity contribution in [1.29, 1.82) is 0 Å². The molecule has 1 saturated heterocycles. The Hall–Kier alpha value is -2.13. The molecule has 33 heavy (non-hydrogen) atoms. The number of hydrogen-bond donors (Lipinski definition) is 1. The second-order valence-corrected chi connectivity index (χ2v) is 11.9. The van der Waals surface area contributed by atoms with Crippen LogP contribution in [0.4, 0.5) is 5.69 Å². The highest BCUT2D eigenvalue weighted by molar-refractivity contribution is 6.04. The van der Waals surface area contributed by atoms with Gasteiger partial charge in [-0.25, -0.2) is 0 Å². The summed E-state index contributed by atoms with van der Waals surface area (Å²) in [7, 11) is 0. The van der Waals surface area contributed by atoms with Crippen molar-refractivity contribution in [3.05, 3.63) is 65.2 Å². The Labute approximate surface area is 199 Å². The Morgan fingerprint density at radius 3 is 2.18 bits per heavy atom. The fourth-order valence-electron chi connectivity index (χ4n) is 8.02. The normalized spacial score (nSPS) is 33.2. The molecule has 3 nitrogen and oxygen atoms in total. The molecule has 4 bridgehead atoms. The number of rotatable bonds is 5. The number of amides is 1. The highest BCUT2D eigenvalue weighted by Gasteiger charge is 2.51. The van der Waals surface area contributed by atoms with E-state index in [1.807, 2.05) is 12.1 Å². The van der Waals surface area contributed by atoms with Gasteiger partial charge in [0, 0.05) is 24.3 Å². The van der Waals surface area contributed by atoms with E-state index in [0.717, 1.165) is 41.5 Å². The zero-order valence-corrected chi connectivity index (χ0v) is 20.1. The molecule has 0 aromatic heterocycles. The predicted octanol–water partition coefficient (Wildman–Crippen LogP) is 6.64. The average molecular weight is 443 g/mol. The van der Waals surface area contributed by atoms with Gasteiger partial charge in [0.1, 0.15) is 0 Å². The average Bonchev–Trinajstić information content (AvgIpc) is 2.79. The Morgan fingerprint density at radius 2 is 1.58 bits per heavy atom. The van der Waals surface area contributed by atoms with Gasteiger partial charge in [0.15, 0.2) is 0 Å². The lowest BCUT2D eigenvalue weighted by Crippen LogP contribution is -2.48. The van der Waals surface area contributed by atoms with E-state index in [2.05, 4.69) is 53.5 Å². The number of carbonyl (C=O) groups is 1. The second kappa shape index (κ2) is 8.58. The van der Waals surface area contributed by atoms with E-state index in [4.69, 9.17) is 0 Å². The van der Waals surface area contributed by atoms with Crippen molar-refractivity contribution in [3.8, 4) is 0 Å². The van der Waals surface area contributed by atoms with E-state index in [-0.39, 0.29) is 5.91 Å². The maximum absolute atomic E-state index is 12.8. The first kappa shape index (κ1) is 21.4. The summed E-state index contributed by atoms with van der Waals surface area (Å²) in [4.78, 5) is 15.4. The van der Waals surface area contributed by atoms with Crippen LogP contribution >= 0.6 is 0 Å². The van der Waals surface area contributed by atoms with Gasteiger partial charge in [-0.3, -0.25) is 9.69 Å². The molecular formula is C30H38N2O. The summed E-state index contributed by atoms with van der Waals surface area (Å²) < 4.78 is 0. The van der Waals surface area contributed by atoms with Crippen LogP contribution in [0, 0.1) is 23.7 Å². The summed E-state index contributed by atoms with van der Waals surface area (Å²) in [5, 5.41) is 3.12. The number of nitrogens with one attached hydrogen (secondary N) is 1. The van der Waals surface area contributed by atoms with Gasteiger partial charge in [-0.1, -0.05) is 31.2 Å². The number of nitrogens with zero attached hydrogens (tertiary/aromatic N) is 1. The monoisotopic (exact) mass is 442 g/mol. The van der Waals surface area contributed by atoms with Crippen LogP contribution in [0.25, 0.3) is 0 Å². The second-order valence-electron chi connectivity index (χ2n) is 11.9. The molecule has 5 aliphatic rings. The highest BCUT2D eigenvalue weighted by atomic mass is 16.1. The molecule has 1 N–H and O–H groups in total. The van der Waals surface area contributed by atoms with E-state index in [9.17, 15) is 4.79 Å². The maximum Gasteiger partial charge on any atom is 0.255 e. The summed E-state index contributed by atoms with van der Waals surface area (Å²) in [6.45, 7) is 5.70. The third-order valence-electron chi connectivity index (χ3n) is 9.16. The van der Waals surface area contributed by atoms with E-state index < -0.39 is 0 Å². The molecule has 1 atom stereocenters. The predicted molar refractivity (Wildman–Crippen MR) is 134 cm³/mol. The minimum absolute atomic E-state index is 0.0179. The van der Waals surface area contributed by atoms with Crippen molar-refractivity contribution < 1.29 is 4.79 Å². The minimum atomic E-state index is -0.0179. The van der Waals surface area contributed by atoms with Crippen LogP contribution < -0.4 is 5.32 Å². The molecule has 2 aromatic carbocycles. The molecule has 1 aliphatic heterocycles. The zero-order valence-electron chi connectivity index (χ0n) is 20.1. The van der Waals surface area contributed by atoms with Crippen LogP contribution in [0.5, 0.6) is 0 Å². The van der Waals surface area contributed by atoms with Crippen LogP contribution in [0.1, 0.15) is 79.8 Å². The number of anilines is 1. The van der Waals surface area contributed by atoms with Gasteiger partial charge in [-0.2, -0.15) is 0 Å². The summed E-state index contributed by atoms with van der Waals surface area (Å²) in [5.41, 5.74) is 4.85. The Bertz CT molecular complexity index is 958. The fraction of sp³-hybridized carbons (Fsp3) is 0.567. The van der Waals surface area contributed by atoms with Crippen LogP contribution in [-0.2, 0) is 12.0 Å². The summed E-state index contributed by atoms with van der Waals surface area (Å²) in [5.74, 6) is 3.64. The number of likely N-dealkylation sites (tertiary alicyclic amines) is 1. The number of hydrogen-bond acceptors (Lipinski definition) is 2. The molecule has 4 aliphatic carbocycles. The number of piperidine rings is 1. The summed E-state index contributed by atoms with van der Waals surface area (Å²) in [6, 6.07) is 17.0. The Balaban J connectivity index is 1.08. The standard InChI is InChI=1S/C30H38N2O/c1-21-3-2-12-32(19-21)20-22-4-6-26(7-5-22)29(33)31-28-10-8-27(9-11-28)30-16-23-13-24(17-30)15-25(14-23)18-30/h4-11,21,23-25H,2-3,12-20H2,1H3,(H,31,33)/t21-,23?,24?,25?,30?/m1/s1. The first-order valence-electron chi connectivity index (χ1n) is 13.3. The SMILES string of the molecule is C[C@@H]1CCCN(Cc2ccc(C(=O)Nc3ccc(C45CC6CC(CC(C6)C4)C5)cc3)cc2)C1. The third kappa shape index (κ3) is 4.37. The molecule has 174 valence electrons. The lowest BCUT2D eigenvalue weighted by atomic mass is 9.48. The molecule has 4 saturated carbocycles. The molecule has 0 spiro atoms. The van der Waals surface area contributed by atoms with E-state index in [1.54, 1.807) is 0 Å². The van der Waals surface area contributed by atoms with Crippen molar-refractivity contribution >= 4 is 11.6 Å². The molecule has 0 radical (unpaired) electrons. The van der Waals surface area contributed by atoms with Gasteiger partial charge in [-0.15, -0.1) is 0 Å². The molecule has 5 fully saturated rings.